The van der Waals surface area contributed by atoms with Gasteiger partial charge in [0.2, 0.25) is 10.0 Å². The number of anilines is 1. The minimum Gasteiger partial charge on any atom is -0.480 e. The molecule has 138 valence electrons. The molecular formula is C19H22N2O4S. The van der Waals surface area contributed by atoms with E-state index in [1.807, 2.05) is 24.3 Å². The fourth-order valence-corrected chi connectivity index (χ4v) is 4.22. The lowest BCUT2D eigenvalue weighted by Gasteiger charge is -2.20. The molecule has 1 atom stereocenters. The number of nitrogens with one attached hydrogen (secondary N) is 2. The third-order valence-corrected chi connectivity index (χ3v) is 5.55. The number of hydrogen-bond donors (Lipinski definition) is 2. The fraction of sp³-hybridized carbons (Fsp3) is 0.316. The lowest BCUT2D eigenvalue weighted by molar-refractivity contribution is -0.122. The largest absolute Gasteiger partial charge is 0.480 e. The Morgan fingerprint density at radius 3 is 2.54 bits per heavy atom. The number of rotatable bonds is 4. The molecule has 2 aromatic carbocycles. The number of benzene rings is 2. The SMILES string of the molecule is CC(C)(C)NS(=O)(=O)c1cccc(NC(=O)C2Cc3ccccc3O2)c1. The second kappa shape index (κ2) is 6.74. The van der Waals surface area contributed by atoms with Gasteiger partial charge < -0.3 is 10.1 Å². The predicted molar refractivity (Wildman–Crippen MR) is 99.7 cm³/mol. The minimum absolute atomic E-state index is 0.0980. The minimum atomic E-state index is -3.67. The number of carbonyl (C=O) groups excluding carboxylic acids is 1. The van der Waals surface area contributed by atoms with Gasteiger partial charge in [-0.15, -0.1) is 0 Å². The Balaban J connectivity index is 1.73. The lowest BCUT2D eigenvalue weighted by Crippen LogP contribution is -2.40. The van der Waals surface area contributed by atoms with Crippen molar-refractivity contribution in [2.24, 2.45) is 0 Å². The third kappa shape index (κ3) is 4.23. The van der Waals surface area contributed by atoms with E-state index in [4.69, 9.17) is 4.74 Å². The van der Waals surface area contributed by atoms with E-state index in [1.54, 1.807) is 32.9 Å². The molecular weight excluding hydrogens is 352 g/mol. The summed E-state index contributed by atoms with van der Waals surface area (Å²) >= 11 is 0. The van der Waals surface area contributed by atoms with E-state index in [1.165, 1.54) is 12.1 Å². The summed E-state index contributed by atoms with van der Waals surface area (Å²) in [5, 5.41) is 2.74. The molecule has 0 fully saturated rings. The first kappa shape index (κ1) is 18.4. The molecule has 2 aromatic rings. The van der Waals surface area contributed by atoms with Crippen LogP contribution < -0.4 is 14.8 Å². The van der Waals surface area contributed by atoms with Gasteiger partial charge in [-0.05, 0) is 50.6 Å². The summed E-state index contributed by atoms with van der Waals surface area (Å²) in [6, 6.07) is 13.7. The highest BCUT2D eigenvalue weighted by molar-refractivity contribution is 7.89. The standard InChI is InChI=1S/C19H22N2O4S/c1-19(2,3)21-26(23,24)15-9-6-8-14(12-15)20-18(22)17-11-13-7-4-5-10-16(13)25-17/h4-10,12,17,21H,11H2,1-3H3,(H,20,22). The van der Waals surface area contributed by atoms with Crippen molar-refractivity contribution in [2.45, 2.75) is 43.7 Å². The first-order valence-corrected chi connectivity index (χ1v) is 9.82. The van der Waals surface area contributed by atoms with Gasteiger partial charge in [0.15, 0.2) is 6.10 Å². The maximum absolute atomic E-state index is 12.5. The van der Waals surface area contributed by atoms with Crippen LogP contribution in [0.5, 0.6) is 5.75 Å². The van der Waals surface area contributed by atoms with Crippen molar-refractivity contribution >= 4 is 21.6 Å². The predicted octanol–water partition coefficient (Wildman–Crippen LogP) is 2.71. The highest BCUT2D eigenvalue weighted by Crippen LogP contribution is 2.28. The Morgan fingerprint density at radius 1 is 1.12 bits per heavy atom. The summed E-state index contributed by atoms with van der Waals surface area (Å²) in [5.74, 6) is 0.401. The number of amides is 1. The summed E-state index contributed by atoms with van der Waals surface area (Å²) < 4.78 is 33.1. The van der Waals surface area contributed by atoms with E-state index in [0.29, 0.717) is 17.9 Å². The quantitative estimate of drug-likeness (QED) is 0.862. The molecule has 0 bridgehead atoms. The van der Waals surface area contributed by atoms with Crippen molar-refractivity contribution < 1.29 is 17.9 Å². The van der Waals surface area contributed by atoms with Crippen LogP contribution in [0.25, 0.3) is 0 Å². The van der Waals surface area contributed by atoms with Crippen LogP contribution in [0.3, 0.4) is 0 Å². The number of hydrogen-bond acceptors (Lipinski definition) is 4. The van der Waals surface area contributed by atoms with Crippen molar-refractivity contribution in [3.05, 3.63) is 54.1 Å². The van der Waals surface area contributed by atoms with Crippen molar-refractivity contribution in [1.29, 1.82) is 0 Å². The van der Waals surface area contributed by atoms with Gasteiger partial charge in [0.1, 0.15) is 5.75 Å². The monoisotopic (exact) mass is 374 g/mol. The molecule has 7 heteroatoms. The molecule has 1 unspecified atom stereocenters. The zero-order valence-electron chi connectivity index (χ0n) is 14.9. The molecule has 0 saturated carbocycles. The van der Waals surface area contributed by atoms with Crippen LogP contribution in [0, 0.1) is 0 Å². The molecule has 0 radical (unpaired) electrons. The molecule has 6 nitrogen and oxygen atoms in total. The number of carbonyl (C=O) groups is 1. The first-order chi connectivity index (χ1) is 12.1. The Labute approximate surface area is 153 Å². The Hall–Kier alpha value is -2.38. The van der Waals surface area contributed by atoms with Gasteiger partial charge in [0.25, 0.3) is 5.91 Å². The molecule has 2 N–H and O–H groups in total. The Kier molecular flexibility index (Phi) is 4.77. The van der Waals surface area contributed by atoms with E-state index >= 15 is 0 Å². The van der Waals surface area contributed by atoms with Gasteiger partial charge >= 0.3 is 0 Å². The normalized spacial score (nSPS) is 16.7. The summed E-state index contributed by atoms with van der Waals surface area (Å²) in [4.78, 5) is 12.6. The van der Waals surface area contributed by atoms with Crippen LogP contribution in [0.2, 0.25) is 0 Å². The van der Waals surface area contributed by atoms with Crippen LogP contribution in [-0.4, -0.2) is 26.0 Å². The van der Waals surface area contributed by atoms with E-state index in [9.17, 15) is 13.2 Å². The Bertz CT molecular complexity index is 908. The smallest absolute Gasteiger partial charge is 0.265 e. The molecule has 0 aromatic heterocycles. The summed E-state index contributed by atoms with van der Waals surface area (Å²) in [6.45, 7) is 5.31. The highest BCUT2D eigenvalue weighted by atomic mass is 32.2. The molecule has 1 aliphatic rings. The average molecular weight is 374 g/mol. The van der Waals surface area contributed by atoms with Crippen molar-refractivity contribution in [1.82, 2.24) is 4.72 Å². The van der Waals surface area contributed by atoms with Crippen LogP contribution in [-0.2, 0) is 21.2 Å². The maximum atomic E-state index is 12.5. The molecule has 0 aliphatic carbocycles. The molecule has 26 heavy (non-hydrogen) atoms. The van der Waals surface area contributed by atoms with Gasteiger partial charge in [-0.25, -0.2) is 13.1 Å². The van der Waals surface area contributed by atoms with Gasteiger partial charge in [-0.1, -0.05) is 24.3 Å². The summed E-state index contributed by atoms with van der Waals surface area (Å²) in [6.07, 6.45) is -0.133. The third-order valence-electron chi connectivity index (χ3n) is 3.79. The molecule has 1 heterocycles. The number of para-hydroxylation sites is 1. The topological polar surface area (TPSA) is 84.5 Å². The van der Waals surface area contributed by atoms with Gasteiger partial charge in [0, 0.05) is 17.6 Å². The van der Waals surface area contributed by atoms with Crippen molar-refractivity contribution in [3.8, 4) is 5.75 Å². The summed E-state index contributed by atoms with van der Waals surface area (Å²) in [7, 11) is -3.67. The summed E-state index contributed by atoms with van der Waals surface area (Å²) in [5.41, 5.74) is 0.798. The van der Waals surface area contributed by atoms with Crippen molar-refractivity contribution in [2.75, 3.05) is 5.32 Å². The fourth-order valence-electron chi connectivity index (χ4n) is 2.75. The zero-order valence-corrected chi connectivity index (χ0v) is 15.8. The number of fused-ring (bicyclic) bond motifs is 1. The molecule has 0 saturated heterocycles. The molecule has 1 aliphatic heterocycles. The van der Waals surface area contributed by atoms with E-state index in [2.05, 4.69) is 10.0 Å². The highest BCUT2D eigenvalue weighted by Gasteiger charge is 2.29. The van der Waals surface area contributed by atoms with Crippen LogP contribution in [0.15, 0.2) is 53.4 Å². The van der Waals surface area contributed by atoms with E-state index in [0.717, 1.165) is 5.56 Å². The van der Waals surface area contributed by atoms with Crippen LogP contribution >= 0.6 is 0 Å². The zero-order chi connectivity index (χ0) is 18.9. The van der Waals surface area contributed by atoms with Crippen molar-refractivity contribution in [3.63, 3.8) is 0 Å². The Morgan fingerprint density at radius 2 is 1.85 bits per heavy atom. The van der Waals surface area contributed by atoms with Gasteiger partial charge in [0.05, 0.1) is 4.90 Å². The molecule has 0 spiro atoms. The van der Waals surface area contributed by atoms with Gasteiger partial charge in [-0.2, -0.15) is 0 Å². The molecule has 1 amide bonds. The number of sulfonamides is 1. The second-order valence-corrected chi connectivity index (χ2v) is 8.97. The maximum Gasteiger partial charge on any atom is 0.265 e. The van der Waals surface area contributed by atoms with Gasteiger partial charge in [-0.3, -0.25) is 4.79 Å². The average Bonchev–Trinajstić information content (AvgIpc) is 2.97. The lowest BCUT2D eigenvalue weighted by atomic mass is 10.1. The second-order valence-electron chi connectivity index (χ2n) is 7.29. The van der Waals surface area contributed by atoms with E-state index in [-0.39, 0.29) is 10.8 Å². The van der Waals surface area contributed by atoms with Crippen LogP contribution in [0.1, 0.15) is 26.3 Å². The van der Waals surface area contributed by atoms with E-state index < -0.39 is 21.7 Å². The molecule has 3 rings (SSSR count). The number of ether oxygens (including phenoxy) is 1. The van der Waals surface area contributed by atoms with Crippen LogP contribution in [0.4, 0.5) is 5.69 Å². The first-order valence-electron chi connectivity index (χ1n) is 8.33.